The summed E-state index contributed by atoms with van der Waals surface area (Å²) in [6.45, 7) is 2.96. The predicted octanol–water partition coefficient (Wildman–Crippen LogP) is 1.92. The van der Waals surface area contributed by atoms with Gasteiger partial charge in [-0.2, -0.15) is 5.26 Å². The fourth-order valence-corrected chi connectivity index (χ4v) is 1.38. The lowest BCUT2D eigenvalue weighted by molar-refractivity contribution is -0.134. The molecule has 0 heterocycles. The molecule has 0 spiro atoms. The summed E-state index contributed by atoms with van der Waals surface area (Å²) in [5, 5.41) is 17.6. The van der Waals surface area contributed by atoms with Crippen molar-refractivity contribution < 1.29 is 14.7 Å². The van der Waals surface area contributed by atoms with Gasteiger partial charge in [-0.15, -0.1) is 0 Å². The first kappa shape index (κ1) is 12.7. The van der Waals surface area contributed by atoms with Crippen LogP contribution in [0.2, 0.25) is 0 Å². The maximum absolute atomic E-state index is 11.1. The third kappa shape index (κ3) is 3.02. The summed E-state index contributed by atoms with van der Waals surface area (Å²) in [4.78, 5) is 21.9. The molecule has 4 nitrogen and oxygen atoms in total. The molecule has 0 saturated heterocycles. The number of nitriles is 1. The summed E-state index contributed by atoms with van der Waals surface area (Å²) in [5.74, 6) is -1.75. The second-order valence-corrected chi connectivity index (χ2v) is 3.61. The van der Waals surface area contributed by atoms with Gasteiger partial charge in [0.15, 0.2) is 5.78 Å². The molecule has 0 aliphatic rings. The molecule has 0 aliphatic carbocycles. The van der Waals surface area contributed by atoms with E-state index in [2.05, 4.69) is 0 Å². The van der Waals surface area contributed by atoms with Gasteiger partial charge in [0.25, 0.3) is 0 Å². The molecule has 0 aliphatic heterocycles. The summed E-state index contributed by atoms with van der Waals surface area (Å²) in [6, 6.07) is 6.89. The van der Waals surface area contributed by atoms with E-state index in [4.69, 9.17) is 10.4 Å². The summed E-state index contributed by atoms with van der Waals surface area (Å²) >= 11 is 0. The Bertz CT molecular complexity index is 534. The number of hydrogen-bond donors (Lipinski definition) is 1. The lowest BCUT2D eigenvalue weighted by Gasteiger charge is -2.01. The van der Waals surface area contributed by atoms with E-state index in [1.54, 1.807) is 25.1 Å². The van der Waals surface area contributed by atoms with E-state index in [0.29, 0.717) is 11.1 Å². The van der Waals surface area contributed by atoms with Crippen LogP contribution in [0.5, 0.6) is 0 Å². The highest BCUT2D eigenvalue weighted by Gasteiger charge is 2.12. The minimum Gasteiger partial charge on any atom is -0.478 e. The first-order chi connectivity index (χ1) is 7.95. The highest BCUT2D eigenvalue weighted by atomic mass is 16.4. The van der Waals surface area contributed by atoms with E-state index in [9.17, 15) is 9.59 Å². The van der Waals surface area contributed by atoms with Gasteiger partial charge in [-0.05, 0) is 37.1 Å². The zero-order valence-electron chi connectivity index (χ0n) is 9.52. The Hall–Kier alpha value is -2.41. The van der Waals surface area contributed by atoms with Crippen LogP contribution in [0.1, 0.15) is 23.6 Å². The van der Waals surface area contributed by atoms with Crippen LogP contribution in [0, 0.1) is 18.3 Å². The Labute approximate surface area is 98.8 Å². The average Bonchev–Trinajstić information content (AvgIpc) is 2.25. The van der Waals surface area contributed by atoms with Gasteiger partial charge >= 0.3 is 5.97 Å². The summed E-state index contributed by atoms with van der Waals surface area (Å²) in [5.41, 5.74) is 1.60. The first-order valence-electron chi connectivity index (χ1n) is 4.92. The van der Waals surface area contributed by atoms with Gasteiger partial charge in [-0.3, -0.25) is 4.79 Å². The number of hydrogen-bond acceptors (Lipinski definition) is 3. The Balaban J connectivity index is 3.23. The Kier molecular flexibility index (Phi) is 3.78. The normalized spacial score (nSPS) is 10.8. The second kappa shape index (κ2) is 5.08. The number of carboxylic acids is 1. The SMILES string of the molecule is CC(=O)C(=Cc1ccc(C#N)c(C)c1)C(=O)O. The minimum atomic E-state index is -1.25. The second-order valence-electron chi connectivity index (χ2n) is 3.61. The molecule has 1 rings (SSSR count). The van der Waals surface area contributed by atoms with Gasteiger partial charge in [0.2, 0.25) is 0 Å². The average molecular weight is 229 g/mol. The molecular formula is C13H11NO3. The van der Waals surface area contributed by atoms with Crippen molar-refractivity contribution in [1.29, 1.82) is 5.26 Å². The number of rotatable bonds is 3. The number of ketones is 1. The quantitative estimate of drug-likeness (QED) is 0.488. The largest absolute Gasteiger partial charge is 0.478 e. The van der Waals surface area contributed by atoms with Crippen molar-refractivity contribution in [2.24, 2.45) is 0 Å². The van der Waals surface area contributed by atoms with Crippen molar-refractivity contribution in [2.75, 3.05) is 0 Å². The van der Waals surface area contributed by atoms with Crippen LogP contribution in [0.3, 0.4) is 0 Å². The van der Waals surface area contributed by atoms with Crippen LogP contribution in [0.4, 0.5) is 0 Å². The molecule has 17 heavy (non-hydrogen) atoms. The smallest absolute Gasteiger partial charge is 0.339 e. The van der Waals surface area contributed by atoms with Crippen LogP contribution in [0.25, 0.3) is 6.08 Å². The van der Waals surface area contributed by atoms with Crippen LogP contribution in [-0.2, 0) is 9.59 Å². The van der Waals surface area contributed by atoms with Gasteiger partial charge in [0, 0.05) is 0 Å². The fourth-order valence-electron chi connectivity index (χ4n) is 1.38. The molecule has 0 saturated carbocycles. The van der Waals surface area contributed by atoms with E-state index < -0.39 is 11.8 Å². The van der Waals surface area contributed by atoms with Crippen molar-refractivity contribution in [2.45, 2.75) is 13.8 Å². The third-order valence-corrected chi connectivity index (χ3v) is 2.29. The lowest BCUT2D eigenvalue weighted by Crippen LogP contribution is -2.08. The lowest BCUT2D eigenvalue weighted by atomic mass is 10.0. The molecule has 0 atom stereocenters. The zero-order valence-corrected chi connectivity index (χ0v) is 9.52. The molecule has 0 amide bonds. The van der Waals surface area contributed by atoms with E-state index in [1.807, 2.05) is 6.07 Å². The number of carboxylic acid groups (broad SMARTS) is 1. The van der Waals surface area contributed by atoms with E-state index in [0.717, 1.165) is 5.56 Å². The van der Waals surface area contributed by atoms with Crippen molar-refractivity contribution >= 4 is 17.8 Å². The van der Waals surface area contributed by atoms with Crippen molar-refractivity contribution in [3.63, 3.8) is 0 Å². The molecule has 0 unspecified atom stereocenters. The molecule has 1 aromatic carbocycles. The maximum atomic E-state index is 11.1. The molecule has 0 fully saturated rings. The van der Waals surface area contributed by atoms with Crippen molar-refractivity contribution in [3.05, 3.63) is 40.5 Å². The topological polar surface area (TPSA) is 78.2 Å². The van der Waals surface area contributed by atoms with Gasteiger partial charge in [0.05, 0.1) is 11.6 Å². The molecular weight excluding hydrogens is 218 g/mol. The van der Waals surface area contributed by atoms with Gasteiger partial charge in [-0.1, -0.05) is 12.1 Å². The van der Waals surface area contributed by atoms with E-state index in [1.165, 1.54) is 13.0 Å². The highest BCUT2D eigenvalue weighted by molar-refractivity contribution is 6.19. The van der Waals surface area contributed by atoms with E-state index >= 15 is 0 Å². The number of benzene rings is 1. The monoisotopic (exact) mass is 229 g/mol. The Morgan fingerprint density at radius 3 is 2.47 bits per heavy atom. The van der Waals surface area contributed by atoms with Gasteiger partial charge in [-0.25, -0.2) is 4.79 Å². The molecule has 0 radical (unpaired) electrons. The summed E-state index contributed by atoms with van der Waals surface area (Å²) in [7, 11) is 0. The Morgan fingerprint density at radius 2 is 2.06 bits per heavy atom. The predicted molar refractivity (Wildman–Crippen MR) is 62.2 cm³/mol. The van der Waals surface area contributed by atoms with Gasteiger partial charge in [0.1, 0.15) is 5.57 Å². The molecule has 1 aromatic rings. The third-order valence-electron chi connectivity index (χ3n) is 2.29. The van der Waals surface area contributed by atoms with Crippen molar-refractivity contribution in [3.8, 4) is 6.07 Å². The zero-order chi connectivity index (χ0) is 13.0. The molecule has 0 aromatic heterocycles. The number of carbonyl (C=O) groups excluding carboxylic acids is 1. The van der Waals surface area contributed by atoms with Crippen LogP contribution in [-0.4, -0.2) is 16.9 Å². The molecule has 0 bridgehead atoms. The highest BCUT2D eigenvalue weighted by Crippen LogP contribution is 2.13. The van der Waals surface area contributed by atoms with Gasteiger partial charge < -0.3 is 5.11 Å². The Morgan fingerprint density at radius 1 is 1.41 bits per heavy atom. The number of carbonyl (C=O) groups is 2. The number of aryl methyl sites for hydroxylation is 1. The molecule has 4 heteroatoms. The van der Waals surface area contributed by atoms with Crippen LogP contribution < -0.4 is 0 Å². The first-order valence-corrected chi connectivity index (χ1v) is 4.92. The van der Waals surface area contributed by atoms with Crippen molar-refractivity contribution in [1.82, 2.24) is 0 Å². The standard InChI is InChI=1S/C13H11NO3/c1-8-5-10(3-4-11(8)7-14)6-12(9(2)15)13(16)17/h3-6H,1-2H3,(H,16,17). The van der Waals surface area contributed by atoms with Crippen LogP contribution >= 0.6 is 0 Å². The number of nitrogens with zero attached hydrogens (tertiary/aromatic N) is 1. The van der Waals surface area contributed by atoms with Crippen LogP contribution in [0.15, 0.2) is 23.8 Å². The number of aliphatic carboxylic acids is 1. The molecule has 86 valence electrons. The maximum Gasteiger partial charge on any atom is 0.339 e. The number of Topliss-reactive ketones (excluding diaryl/α,β-unsaturated/α-hetero) is 1. The summed E-state index contributed by atoms with van der Waals surface area (Å²) in [6.07, 6.45) is 1.30. The fraction of sp³-hybridized carbons (Fsp3) is 0.154. The summed E-state index contributed by atoms with van der Waals surface area (Å²) < 4.78 is 0. The minimum absolute atomic E-state index is 0.269. The van der Waals surface area contributed by atoms with E-state index in [-0.39, 0.29) is 5.57 Å². The molecule has 1 N–H and O–H groups in total.